The van der Waals surface area contributed by atoms with Crippen molar-refractivity contribution in [2.75, 3.05) is 0 Å². The van der Waals surface area contributed by atoms with E-state index in [1.54, 1.807) is 0 Å². The molecule has 21 heavy (non-hydrogen) atoms. The molecule has 1 rings (SSSR count). The van der Waals surface area contributed by atoms with Crippen LogP contribution in [0.3, 0.4) is 0 Å². The number of carbonyl (C=O) groups excluding carboxylic acids is 1. The lowest BCUT2D eigenvalue weighted by Crippen LogP contribution is -2.47. The topological polar surface area (TPSA) is 32.3 Å². The monoisotopic (exact) mass is 296 g/mol. The van der Waals surface area contributed by atoms with Gasteiger partial charge in [-0.1, -0.05) is 67.2 Å². The van der Waals surface area contributed by atoms with Crippen LogP contribution in [0, 0.1) is 11.8 Å². The van der Waals surface area contributed by atoms with Crippen molar-refractivity contribution >= 4 is 5.91 Å². The van der Waals surface area contributed by atoms with Crippen molar-refractivity contribution in [1.29, 1.82) is 0 Å². The van der Waals surface area contributed by atoms with Crippen LogP contribution in [0.1, 0.15) is 80.1 Å². The van der Waals surface area contributed by atoms with E-state index in [2.05, 4.69) is 51.8 Å². The van der Waals surface area contributed by atoms with E-state index in [9.17, 15) is 4.79 Å². The van der Waals surface area contributed by atoms with Crippen LogP contribution in [0.15, 0.2) is 0 Å². The summed E-state index contributed by atoms with van der Waals surface area (Å²) in [6.45, 7) is 13.3. The van der Waals surface area contributed by atoms with Crippen molar-refractivity contribution in [3.8, 4) is 0 Å². The summed E-state index contributed by atoms with van der Waals surface area (Å²) in [5.74, 6) is 1.22. The first-order valence-electron chi connectivity index (χ1n) is 9.05. The molecular formula is C18H36N2O. The third kappa shape index (κ3) is 4.45. The molecule has 4 atom stereocenters. The highest BCUT2D eigenvalue weighted by Gasteiger charge is 2.44. The van der Waals surface area contributed by atoms with E-state index < -0.39 is 0 Å². The third-order valence-electron chi connectivity index (χ3n) is 4.92. The second-order valence-corrected chi connectivity index (χ2v) is 7.05. The van der Waals surface area contributed by atoms with Gasteiger partial charge in [0.2, 0.25) is 5.91 Å². The summed E-state index contributed by atoms with van der Waals surface area (Å²) in [5, 5.41) is 3.63. The molecule has 4 unspecified atom stereocenters. The van der Waals surface area contributed by atoms with Crippen molar-refractivity contribution < 1.29 is 4.79 Å². The van der Waals surface area contributed by atoms with Crippen molar-refractivity contribution in [1.82, 2.24) is 10.2 Å². The highest BCUT2D eigenvalue weighted by molar-refractivity contribution is 5.85. The first-order chi connectivity index (χ1) is 9.97. The number of hydrogen-bond acceptors (Lipinski definition) is 2. The summed E-state index contributed by atoms with van der Waals surface area (Å²) < 4.78 is 0. The number of amides is 1. The van der Waals surface area contributed by atoms with Gasteiger partial charge in [0.1, 0.15) is 0 Å². The first-order valence-corrected chi connectivity index (χ1v) is 9.05. The Labute approximate surface area is 131 Å². The molecule has 1 saturated heterocycles. The molecule has 0 spiro atoms. The molecule has 1 fully saturated rings. The molecule has 3 nitrogen and oxygen atoms in total. The van der Waals surface area contributed by atoms with E-state index in [1.165, 1.54) is 12.8 Å². The molecular weight excluding hydrogens is 260 g/mol. The van der Waals surface area contributed by atoms with Gasteiger partial charge in [-0.05, 0) is 24.7 Å². The molecule has 3 heteroatoms. The number of carbonyl (C=O) groups is 1. The number of nitrogens with zero attached hydrogens (tertiary/aromatic N) is 1. The summed E-state index contributed by atoms with van der Waals surface area (Å²) in [6.07, 6.45) is 7.11. The smallest absolute Gasteiger partial charge is 0.241 e. The van der Waals surface area contributed by atoms with Crippen LogP contribution < -0.4 is 5.32 Å². The molecule has 0 aromatic carbocycles. The maximum absolute atomic E-state index is 13.0. The zero-order chi connectivity index (χ0) is 16.0. The van der Waals surface area contributed by atoms with Gasteiger partial charge >= 0.3 is 0 Å². The van der Waals surface area contributed by atoms with Gasteiger partial charge in [-0.3, -0.25) is 10.1 Å². The fourth-order valence-corrected chi connectivity index (χ4v) is 3.39. The van der Waals surface area contributed by atoms with Gasteiger partial charge in [0.05, 0.1) is 12.2 Å². The van der Waals surface area contributed by atoms with Crippen LogP contribution >= 0.6 is 0 Å². The second-order valence-electron chi connectivity index (χ2n) is 7.05. The minimum absolute atomic E-state index is 0.0170. The Hall–Kier alpha value is -0.570. The van der Waals surface area contributed by atoms with Crippen molar-refractivity contribution in [2.24, 2.45) is 11.8 Å². The highest BCUT2D eigenvalue weighted by Crippen LogP contribution is 2.28. The summed E-state index contributed by atoms with van der Waals surface area (Å²) in [7, 11) is 0. The van der Waals surface area contributed by atoms with Gasteiger partial charge < -0.3 is 4.90 Å². The molecule has 1 N–H and O–H groups in total. The van der Waals surface area contributed by atoms with E-state index in [0.29, 0.717) is 23.8 Å². The first kappa shape index (κ1) is 18.5. The number of rotatable bonds is 9. The van der Waals surface area contributed by atoms with E-state index >= 15 is 0 Å². The number of nitrogens with one attached hydrogen (secondary N) is 1. The normalized spacial score (nSPS) is 25.7. The van der Waals surface area contributed by atoms with E-state index in [0.717, 1.165) is 25.7 Å². The van der Waals surface area contributed by atoms with Crippen molar-refractivity contribution in [3.63, 3.8) is 0 Å². The molecule has 0 saturated carbocycles. The summed E-state index contributed by atoms with van der Waals surface area (Å²) in [6, 6.07) is 0.430. The molecule has 1 heterocycles. The Kier molecular flexibility index (Phi) is 7.72. The van der Waals surface area contributed by atoms with E-state index in [4.69, 9.17) is 0 Å². The molecule has 1 aliphatic heterocycles. The Morgan fingerprint density at radius 3 is 2.24 bits per heavy atom. The van der Waals surface area contributed by atoms with E-state index in [-0.39, 0.29) is 12.2 Å². The van der Waals surface area contributed by atoms with Crippen LogP contribution in [0.5, 0.6) is 0 Å². The molecule has 1 aliphatic rings. The lowest BCUT2D eigenvalue weighted by molar-refractivity contribution is -0.134. The second kappa shape index (κ2) is 8.77. The van der Waals surface area contributed by atoms with Gasteiger partial charge in [-0.2, -0.15) is 0 Å². The lowest BCUT2D eigenvalue weighted by atomic mass is 9.98. The molecule has 0 radical (unpaired) electrons. The minimum Gasteiger partial charge on any atom is -0.323 e. The van der Waals surface area contributed by atoms with E-state index in [1.807, 2.05) is 0 Å². The van der Waals surface area contributed by atoms with Crippen molar-refractivity contribution in [3.05, 3.63) is 0 Å². The van der Waals surface area contributed by atoms with Crippen LogP contribution in [0.25, 0.3) is 0 Å². The molecule has 0 aromatic heterocycles. The predicted octanol–water partition coefficient (Wildman–Crippen LogP) is 4.17. The molecule has 0 bridgehead atoms. The average molecular weight is 296 g/mol. The average Bonchev–Trinajstić information content (AvgIpc) is 2.80. The predicted molar refractivity (Wildman–Crippen MR) is 90.1 cm³/mol. The Balaban J connectivity index is 2.93. The molecule has 0 aliphatic carbocycles. The van der Waals surface area contributed by atoms with Gasteiger partial charge in [-0.15, -0.1) is 0 Å². The molecule has 0 aromatic rings. The summed E-state index contributed by atoms with van der Waals surface area (Å²) in [4.78, 5) is 15.2. The van der Waals surface area contributed by atoms with Gasteiger partial charge in [0, 0.05) is 6.04 Å². The third-order valence-corrected chi connectivity index (χ3v) is 4.92. The zero-order valence-corrected chi connectivity index (χ0v) is 15.0. The maximum atomic E-state index is 13.0. The summed E-state index contributed by atoms with van der Waals surface area (Å²) in [5.41, 5.74) is 0. The highest BCUT2D eigenvalue weighted by atomic mass is 16.2. The van der Waals surface area contributed by atoms with Crippen LogP contribution in [-0.2, 0) is 4.79 Å². The Bertz CT molecular complexity index is 316. The summed E-state index contributed by atoms with van der Waals surface area (Å²) >= 11 is 0. The fraction of sp³-hybridized carbons (Fsp3) is 0.944. The van der Waals surface area contributed by atoms with Gasteiger partial charge in [-0.25, -0.2) is 0 Å². The number of unbranched alkanes of at least 4 members (excludes halogenated alkanes) is 1. The Morgan fingerprint density at radius 1 is 1.10 bits per heavy atom. The quantitative estimate of drug-likeness (QED) is 0.692. The van der Waals surface area contributed by atoms with Crippen LogP contribution in [0.2, 0.25) is 0 Å². The molecule has 124 valence electrons. The lowest BCUT2D eigenvalue weighted by Gasteiger charge is -2.35. The minimum atomic E-state index is 0.0170. The molecule has 1 amide bonds. The maximum Gasteiger partial charge on any atom is 0.241 e. The zero-order valence-electron chi connectivity index (χ0n) is 15.0. The van der Waals surface area contributed by atoms with Gasteiger partial charge in [0.15, 0.2) is 0 Å². The standard InChI is InChI=1S/C18H36N2O/c1-7-10-12-15(11-8-2)20-17(13(4)5)19-16(18(20)21)14(6)9-3/h13-17,19H,7-12H2,1-6H3. The fourth-order valence-electron chi connectivity index (χ4n) is 3.39. The Morgan fingerprint density at radius 2 is 1.76 bits per heavy atom. The van der Waals surface area contributed by atoms with Gasteiger partial charge in [0.25, 0.3) is 0 Å². The number of hydrogen-bond donors (Lipinski definition) is 1. The van der Waals surface area contributed by atoms with Crippen molar-refractivity contribution in [2.45, 2.75) is 98.3 Å². The SMILES string of the molecule is CCCCC(CCC)N1C(=O)C(C(C)CC)NC1C(C)C. The largest absolute Gasteiger partial charge is 0.323 e. The van der Waals surface area contributed by atoms with Crippen LogP contribution in [0.4, 0.5) is 0 Å². The van der Waals surface area contributed by atoms with Crippen LogP contribution in [-0.4, -0.2) is 29.1 Å².